The van der Waals surface area contributed by atoms with Gasteiger partial charge in [0, 0.05) is 11.3 Å². The molecule has 21 heavy (non-hydrogen) atoms. The van der Waals surface area contributed by atoms with Crippen LogP contribution in [0.2, 0.25) is 0 Å². The topological polar surface area (TPSA) is 71.7 Å². The van der Waals surface area contributed by atoms with Crippen LogP contribution in [0.1, 0.15) is 23.7 Å². The van der Waals surface area contributed by atoms with Crippen molar-refractivity contribution in [1.29, 1.82) is 0 Å². The number of nitrogens with zero attached hydrogens (tertiary/aromatic N) is 2. The molecule has 0 amide bonds. The van der Waals surface area contributed by atoms with E-state index in [9.17, 15) is 9.59 Å². The molecule has 0 aliphatic carbocycles. The Labute approximate surface area is 124 Å². The maximum absolute atomic E-state index is 12.0. The molecule has 3 aromatic rings. The monoisotopic (exact) mass is 302 g/mol. The minimum absolute atomic E-state index is 0.00568. The molecule has 0 aliphatic heterocycles. The summed E-state index contributed by atoms with van der Waals surface area (Å²) in [6.45, 7) is 3.86. The lowest BCUT2D eigenvalue weighted by Gasteiger charge is -2.05. The van der Waals surface area contributed by atoms with Crippen molar-refractivity contribution >= 4 is 32.5 Å². The Bertz CT molecular complexity index is 924. The minimum atomic E-state index is -0.854. The third-order valence-corrected chi connectivity index (χ3v) is 4.60. The van der Waals surface area contributed by atoms with Crippen molar-refractivity contribution in [2.75, 3.05) is 0 Å². The number of carboxylic acids is 1. The van der Waals surface area contributed by atoms with Gasteiger partial charge in [-0.3, -0.25) is 14.0 Å². The number of aromatic nitrogens is 2. The third-order valence-electron chi connectivity index (χ3n) is 3.59. The van der Waals surface area contributed by atoms with Crippen molar-refractivity contribution in [3.63, 3.8) is 0 Å². The summed E-state index contributed by atoms with van der Waals surface area (Å²) < 4.78 is 2.92. The number of hydrogen-bond donors (Lipinski definition) is 1. The Morgan fingerprint density at radius 1 is 1.43 bits per heavy atom. The summed E-state index contributed by atoms with van der Waals surface area (Å²) in [6.07, 6.45) is 0.642. The molecule has 6 heteroatoms. The first-order chi connectivity index (χ1) is 10.0. The van der Waals surface area contributed by atoms with Gasteiger partial charge in [0.05, 0.1) is 16.6 Å². The number of aliphatic carboxylic acids is 1. The van der Waals surface area contributed by atoms with Crippen LogP contribution in [0.25, 0.3) is 15.2 Å². The summed E-state index contributed by atoms with van der Waals surface area (Å²) >= 11 is 1.41. The van der Waals surface area contributed by atoms with E-state index in [4.69, 9.17) is 5.11 Å². The molecule has 5 nitrogen and oxygen atoms in total. The van der Waals surface area contributed by atoms with E-state index in [2.05, 4.69) is 4.98 Å². The second kappa shape index (κ2) is 4.96. The lowest BCUT2D eigenvalue weighted by molar-refractivity contribution is -0.136. The van der Waals surface area contributed by atoms with Gasteiger partial charge in [0.2, 0.25) is 0 Å². The number of carbonyl (C=O) groups is 1. The minimum Gasteiger partial charge on any atom is -0.481 e. The van der Waals surface area contributed by atoms with E-state index in [1.54, 1.807) is 0 Å². The highest BCUT2D eigenvalue weighted by molar-refractivity contribution is 7.23. The van der Waals surface area contributed by atoms with Crippen LogP contribution in [0, 0.1) is 6.92 Å². The van der Waals surface area contributed by atoms with E-state index >= 15 is 0 Å². The van der Waals surface area contributed by atoms with Gasteiger partial charge >= 0.3 is 5.97 Å². The SMILES string of the molecule is CCc1c(C)n2c(nc1=O)sc1cc(CC(=O)O)ccc12. The van der Waals surface area contributed by atoms with Crippen molar-refractivity contribution in [2.24, 2.45) is 0 Å². The van der Waals surface area contributed by atoms with E-state index in [0.717, 1.165) is 27.0 Å². The van der Waals surface area contributed by atoms with Crippen molar-refractivity contribution in [1.82, 2.24) is 9.38 Å². The first-order valence-corrected chi connectivity index (χ1v) is 7.48. The van der Waals surface area contributed by atoms with Crippen LogP contribution in [0.5, 0.6) is 0 Å². The molecule has 1 N–H and O–H groups in total. The quantitative estimate of drug-likeness (QED) is 0.806. The highest BCUT2D eigenvalue weighted by atomic mass is 32.1. The van der Waals surface area contributed by atoms with Gasteiger partial charge in [-0.1, -0.05) is 24.3 Å². The van der Waals surface area contributed by atoms with Crippen molar-refractivity contribution in [3.05, 3.63) is 45.4 Å². The predicted molar refractivity (Wildman–Crippen MR) is 82.3 cm³/mol. The molecule has 1 aromatic carbocycles. The molecule has 0 radical (unpaired) electrons. The number of hydrogen-bond acceptors (Lipinski definition) is 4. The second-order valence-corrected chi connectivity index (χ2v) is 5.94. The zero-order valence-corrected chi connectivity index (χ0v) is 12.5. The van der Waals surface area contributed by atoms with Gasteiger partial charge in [0.25, 0.3) is 5.56 Å². The predicted octanol–water partition coefficient (Wildman–Crippen LogP) is 2.41. The fraction of sp³-hybridized carbons (Fsp3) is 0.267. The summed E-state index contributed by atoms with van der Waals surface area (Å²) in [5.41, 5.74) is 3.17. The molecule has 3 rings (SSSR count). The summed E-state index contributed by atoms with van der Waals surface area (Å²) in [5.74, 6) is -0.854. The molecule has 108 valence electrons. The highest BCUT2D eigenvalue weighted by Crippen LogP contribution is 2.27. The molecule has 2 aromatic heterocycles. The average molecular weight is 302 g/mol. The van der Waals surface area contributed by atoms with Crippen molar-refractivity contribution in [3.8, 4) is 0 Å². The summed E-state index contributed by atoms with van der Waals surface area (Å²) in [4.78, 5) is 27.6. The molecule has 0 unspecified atom stereocenters. The zero-order chi connectivity index (χ0) is 15.1. The van der Waals surface area contributed by atoms with Crippen LogP contribution in [-0.4, -0.2) is 20.5 Å². The van der Waals surface area contributed by atoms with E-state index in [1.807, 2.05) is 36.4 Å². The molecule has 0 spiro atoms. The number of thiazole rings is 1. The van der Waals surface area contributed by atoms with Crippen LogP contribution in [0.4, 0.5) is 0 Å². The van der Waals surface area contributed by atoms with Gasteiger partial charge in [0.1, 0.15) is 0 Å². The highest BCUT2D eigenvalue weighted by Gasteiger charge is 2.13. The second-order valence-electron chi connectivity index (χ2n) is 4.93. The molecule has 0 saturated carbocycles. The average Bonchev–Trinajstić information content (AvgIpc) is 2.75. The number of benzene rings is 1. The lowest BCUT2D eigenvalue weighted by Crippen LogP contribution is -2.16. The van der Waals surface area contributed by atoms with Gasteiger partial charge in [-0.15, -0.1) is 0 Å². The number of fused-ring (bicyclic) bond motifs is 3. The lowest BCUT2D eigenvalue weighted by atomic mass is 10.1. The first kappa shape index (κ1) is 13.8. The fourth-order valence-electron chi connectivity index (χ4n) is 2.60. The summed E-state index contributed by atoms with van der Waals surface area (Å²) in [6, 6.07) is 5.57. The molecular formula is C15H14N2O3S. The Morgan fingerprint density at radius 2 is 2.19 bits per heavy atom. The Morgan fingerprint density at radius 3 is 2.86 bits per heavy atom. The van der Waals surface area contributed by atoms with Crippen molar-refractivity contribution < 1.29 is 9.90 Å². The molecule has 0 atom stereocenters. The normalized spacial score (nSPS) is 11.3. The molecule has 0 aliphatic rings. The third kappa shape index (κ3) is 2.21. The maximum atomic E-state index is 12.0. The summed E-state index contributed by atoms with van der Waals surface area (Å²) in [7, 11) is 0. The van der Waals surface area contributed by atoms with Crippen LogP contribution in [-0.2, 0) is 17.6 Å². The van der Waals surface area contributed by atoms with E-state index in [1.165, 1.54) is 11.3 Å². The molecule has 0 fully saturated rings. The zero-order valence-electron chi connectivity index (χ0n) is 11.7. The standard InChI is InChI=1S/C15H14N2O3S/c1-3-10-8(2)17-11-5-4-9(7-13(18)19)6-12(11)21-15(17)16-14(10)20/h4-6H,3,7H2,1-2H3,(H,18,19). The smallest absolute Gasteiger partial charge is 0.307 e. The Balaban J connectivity index is 2.33. The maximum Gasteiger partial charge on any atom is 0.307 e. The van der Waals surface area contributed by atoms with Gasteiger partial charge in [-0.25, -0.2) is 0 Å². The van der Waals surface area contributed by atoms with Crippen LogP contribution in [0.3, 0.4) is 0 Å². The van der Waals surface area contributed by atoms with E-state index in [0.29, 0.717) is 11.4 Å². The van der Waals surface area contributed by atoms with Gasteiger partial charge < -0.3 is 5.11 Å². The van der Waals surface area contributed by atoms with Crippen molar-refractivity contribution in [2.45, 2.75) is 26.7 Å². The van der Waals surface area contributed by atoms with Gasteiger partial charge in [0.15, 0.2) is 4.96 Å². The van der Waals surface area contributed by atoms with E-state index in [-0.39, 0.29) is 12.0 Å². The molecular weight excluding hydrogens is 288 g/mol. The molecule has 0 saturated heterocycles. The molecule has 2 heterocycles. The van der Waals surface area contributed by atoms with Crippen LogP contribution < -0.4 is 5.56 Å². The summed E-state index contributed by atoms with van der Waals surface area (Å²) in [5, 5.41) is 8.87. The first-order valence-electron chi connectivity index (χ1n) is 6.66. The van der Waals surface area contributed by atoms with Gasteiger partial charge in [-0.2, -0.15) is 4.98 Å². The number of carboxylic acid groups (broad SMARTS) is 1. The van der Waals surface area contributed by atoms with Crippen LogP contribution >= 0.6 is 11.3 Å². The van der Waals surface area contributed by atoms with Crippen LogP contribution in [0.15, 0.2) is 23.0 Å². The number of aryl methyl sites for hydroxylation is 1. The Hall–Kier alpha value is -2.21. The fourth-order valence-corrected chi connectivity index (χ4v) is 3.73. The van der Waals surface area contributed by atoms with Gasteiger partial charge in [-0.05, 0) is 31.0 Å². The largest absolute Gasteiger partial charge is 0.481 e. The Kier molecular flexibility index (Phi) is 3.25. The molecule has 0 bridgehead atoms. The number of rotatable bonds is 3. The van der Waals surface area contributed by atoms with E-state index < -0.39 is 5.97 Å².